The molecule has 6 N–H and O–H groups in total. The molecule has 0 aromatic rings. The molecule has 28 heavy (non-hydrogen) atoms. The molecule has 1 unspecified atom stereocenters. The zero-order valence-electron chi connectivity index (χ0n) is 17.1. The number of methoxy groups -OCH3 is 1. The minimum absolute atomic E-state index is 0.00757. The van der Waals surface area contributed by atoms with Crippen molar-refractivity contribution in [2.45, 2.75) is 81.9 Å². The van der Waals surface area contributed by atoms with Crippen molar-refractivity contribution < 1.29 is 40.2 Å². The molecule has 0 bridgehead atoms. The van der Waals surface area contributed by atoms with Crippen LogP contribution in [0.15, 0.2) is 0 Å². The molecule has 0 amide bonds. The van der Waals surface area contributed by atoms with E-state index in [1.54, 1.807) is 11.9 Å². The van der Waals surface area contributed by atoms with Crippen molar-refractivity contribution >= 4 is 5.97 Å². The number of carbonyl (C=O) groups excluding carboxylic acids is 1. The fourth-order valence-corrected chi connectivity index (χ4v) is 2.97. The quantitative estimate of drug-likeness (QED) is 0.131. The molecule has 9 heteroatoms. The van der Waals surface area contributed by atoms with Gasteiger partial charge in [-0.15, -0.1) is 0 Å². The summed E-state index contributed by atoms with van der Waals surface area (Å²) < 4.78 is 4.58. The fraction of sp³-hybridized carbons (Fsp3) is 0.947. The van der Waals surface area contributed by atoms with Crippen LogP contribution < -0.4 is 0 Å². The maximum absolute atomic E-state index is 11.0. The Bertz CT molecular complexity index is 398. The first kappa shape index (κ1) is 27.2. The van der Waals surface area contributed by atoms with Crippen LogP contribution in [0.4, 0.5) is 0 Å². The number of likely N-dealkylation sites (N-methyl/N-ethyl adjacent to an activating group) is 1. The molecular formula is C19H39NO8. The molecule has 0 saturated heterocycles. The Morgan fingerprint density at radius 3 is 1.96 bits per heavy atom. The molecule has 0 rings (SSSR count). The third-order valence-corrected chi connectivity index (χ3v) is 4.74. The van der Waals surface area contributed by atoms with E-state index in [9.17, 15) is 30.3 Å². The van der Waals surface area contributed by atoms with Crippen LogP contribution in [-0.2, 0) is 9.53 Å². The Kier molecular flexibility index (Phi) is 15.6. The molecule has 9 nitrogen and oxygen atoms in total. The van der Waals surface area contributed by atoms with Crippen LogP contribution in [-0.4, -0.2) is 106 Å². The summed E-state index contributed by atoms with van der Waals surface area (Å²) in [5.74, 6) is -0.177. The van der Waals surface area contributed by atoms with Crippen LogP contribution in [0, 0.1) is 0 Å². The number of hydrogen-bond donors (Lipinski definition) is 6. The largest absolute Gasteiger partial charge is 0.469 e. The highest BCUT2D eigenvalue weighted by Crippen LogP contribution is 2.11. The average Bonchev–Trinajstić information content (AvgIpc) is 2.67. The summed E-state index contributed by atoms with van der Waals surface area (Å²) in [4.78, 5) is 12.6. The Morgan fingerprint density at radius 2 is 1.39 bits per heavy atom. The highest BCUT2D eigenvalue weighted by Gasteiger charge is 2.30. The van der Waals surface area contributed by atoms with Gasteiger partial charge in [-0.2, -0.15) is 0 Å². The normalized spacial score (nSPS) is 17.2. The zero-order chi connectivity index (χ0) is 21.5. The van der Waals surface area contributed by atoms with Gasteiger partial charge in [-0.3, -0.25) is 4.79 Å². The van der Waals surface area contributed by atoms with E-state index >= 15 is 0 Å². The van der Waals surface area contributed by atoms with Gasteiger partial charge in [0.05, 0.1) is 25.9 Å². The van der Waals surface area contributed by atoms with Gasteiger partial charge in [0.2, 0.25) is 0 Å². The number of nitrogens with zero attached hydrogens (tertiary/aromatic N) is 1. The number of carbonyl (C=O) groups is 1. The smallest absolute Gasteiger partial charge is 0.305 e. The lowest BCUT2D eigenvalue weighted by Gasteiger charge is -2.29. The molecule has 0 aliphatic rings. The first-order chi connectivity index (χ1) is 13.2. The molecule has 0 aromatic heterocycles. The van der Waals surface area contributed by atoms with E-state index in [0.29, 0.717) is 19.4 Å². The van der Waals surface area contributed by atoms with Gasteiger partial charge >= 0.3 is 5.97 Å². The average molecular weight is 410 g/mol. The summed E-state index contributed by atoms with van der Waals surface area (Å²) in [5, 5.41) is 57.5. The summed E-state index contributed by atoms with van der Waals surface area (Å²) >= 11 is 0. The van der Waals surface area contributed by atoms with E-state index in [1.807, 2.05) is 0 Å². The van der Waals surface area contributed by atoms with Gasteiger partial charge in [0.1, 0.15) is 18.3 Å². The first-order valence-electron chi connectivity index (χ1n) is 9.99. The minimum atomic E-state index is -1.65. The molecule has 168 valence electrons. The van der Waals surface area contributed by atoms with E-state index in [2.05, 4.69) is 4.74 Å². The van der Waals surface area contributed by atoms with Crippen LogP contribution >= 0.6 is 0 Å². The van der Waals surface area contributed by atoms with E-state index in [0.717, 1.165) is 38.5 Å². The van der Waals surface area contributed by atoms with Gasteiger partial charge in [-0.05, 0) is 19.9 Å². The molecule has 5 atom stereocenters. The van der Waals surface area contributed by atoms with Crippen molar-refractivity contribution in [3.8, 4) is 0 Å². The summed E-state index contributed by atoms with van der Waals surface area (Å²) in [6.45, 7) is -0.403. The molecule has 0 aliphatic carbocycles. The third-order valence-electron chi connectivity index (χ3n) is 4.74. The summed E-state index contributed by atoms with van der Waals surface area (Å²) in [7, 11) is 3.06. The lowest BCUT2D eigenvalue weighted by atomic mass is 10.0. The standard InChI is InChI=1S/C19H39NO8/c1-20(12-15(23)18(26)19(27)16(24)13-21)11-14(22)9-7-5-3-4-6-8-10-17(25)28-2/h14-16,18-19,21-24,26-27H,3-13H2,1-2H3/t14?,15-,16+,18+,19+/m0/s1. The SMILES string of the molecule is COC(=O)CCCCCCCCC(O)CN(C)C[C@H](O)[C@@H](O)[C@H](O)[C@H](O)CO. The van der Waals surface area contributed by atoms with Crippen molar-refractivity contribution in [3.05, 3.63) is 0 Å². The van der Waals surface area contributed by atoms with Gasteiger partial charge in [0, 0.05) is 19.5 Å². The Labute approximate surface area is 167 Å². The number of aliphatic hydroxyl groups is 6. The molecule has 0 fully saturated rings. The summed E-state index contributed by atoms with van der Waals surface area (Å²) in [6, 6.07) is 0. The minimum Gasteiger partial charge on any atom is -0.469 e. The van der Waals surface area contributed by atoms with E-state index in [1.165, 1.54) is 7.11 Å². The second-order valence-electron chi connectivity index (χ2n) is 7.41. The zero-order valence-corrected chi connectivity index (χ0v) is 17.1. The van der Waals surface area contributed by atoms with Gasteiger partial charge < -0.3 is 40.3 Å². The molecule has 0 spiro atoms. The lowest BCUT2D eigenvalue weighted by molar-refractivity contribution is -0.140. The monoisotopic (exact) mass is 409 g/mol. The predicted molar refractivity (Wildman–Crippen MR) is 104 cm³/mol. The van der Waals surface area contributed by atoms with Crippen LogP contribution in [0.2, 0.25) is 0 Å². The highest BCUT2D eigenvalue weighted by molar-refractivity contribution is 5.68. The lowest BCUT2D eigenvalue weighted by Crippen LogP contribution is -2.49. The third kappa shape index (κ3) is 12.6. The second-order valence-corrected chi connectivity index (χ2v) is 7.41. The molecule has 0 saturated carbocycles. The number of aliphatic hydroxyl groups excluding tert-OH is 6. The van der Waals surface area contributed by atoms with Crippen LogP contribution in [0.3, 0.4) is 0 Å². The summed E-state index contributed by atoms with van der Waals surface area (Å²) in [6.07, 6.45) is 0.182. The Hall–Kier alpha value is -0.810. The number of ether oxygens (including phenoxy) is 1. The number of unbranched alkanes of at least 4 members (excludes halogenated alkanes) is 5. The van der Waals surface area contributed by atoms with Gasteiger partial charge in [0.15, 0.2) is 0 Å². The maximum atomic E-state index is 11.0. The van der Waals surface area contributed by atoms with E-state index < -0.39 is 37.1 Å². The van der Waals surface area contributed by atoms with Crippen molar-refractivity contribution in [1.29, 1.82) is 0 Å². The maximum Gasteiger partial charge on any atom is 0.305 e. The molecule has 0 radical (unpaired) electrons. The topological polar surface area (TPSA) is 151 Å². The van der Waals surface area contributed by atoms with Crippen molar-refractivity contribution in [3.63, 3.8) is 0 Å². The summed E-state index contributed by atoms with van der Waals surface area (Å²) in [5.41, 5.74) is 0. The first-order valence-corrected chi connectivity index (χ1v) is 9.99. The molecule has 0 aromatic carbocycles. The Balaban J connectivity index is 3.83. The van der Waals surface area contributed by atoms with Gasteiger partial charge in [-0.25, -0.2) is 0 Å². The van der Waals surface area contributed by atoms with Crippen LogP contribution in [0.5, 0.6) is 0 Å². The van der Waals surface area contributed by atoms with Crippen molar-refractivity contribution in [2.75, 3.05) is 33.9 Å². The molecule has 0 aliphatic heterocycles. The van der Waals surface area contributed by atoms with Crippen molar-refractivity contribution in [2.24, 2.45) is 0 Å². The fourth-order valence-electron chi connectivity index (χ4n) is 2.97. The molecular weight excluding hydrogens is 370 g/mol. The van der Waals surface area contributed by atoms with E-state index in [-0.39, 0.29) is 12.5 Å². The molecule has 0 heterocycles. The van der Waals surface area contributed by atoms with Crippen LogP contribution in [0.1, 0.15) is 51.4 Å². The van der Waals surface area contributed by atoms with Crippen LogP contribution in [0.25, 0.3) is 0 Å². The number of rotatable bonds is 17. The van der Waals surface area contributed by atoms with Crippen molar-refractivity contribution in [1.82, 2.24) is 4.90 Å². The second kappa shape index (κ2) is 16.0. The van der Waals surface area contributed by atoms with Gasteiger partial charge in [-0.1, -0.05) is 32.1 Å². The van der Waals surface area contributed by atoms with Gasteiger partial charge in [0.25, 0.3) is 0 Å². The Morgan fingerprint density at radius 1 is 0.857 bits per heavy atom. The highest BCUT2D eigenvalue weighted by atomic mass is 16.5. The number of esters is 1. The van der Waals surface area contributed by atoms with E-state index in [4.69, 9.17) is 5.11 Å². The predicted octanol–water partition coefficient (Wildman–Crippen LogP) is -0.991. The number of hydrogen-bond acceptors (Lipinski definition) is 9.